The standard InChI is InChI=1S/C25H18ClN3O5S/c1-33-18-6-4-5-16(13-18)28-23(30)24(31)29-27-14-15-9-11-17(12-10-15)34-25(32)22-21(26)19-7-2-3-8-20(19)35-22/h2-14H,1H3,(H,28,30)(H,29,31). The van der Waals surface area contributed by atoms with E-state index in [1.54, 1.807) is 48.5 Å². The molecule has 10 heteroatoms. The van der Waals surface area contributed by atoms with E-state index in [0.29, 0.717) is 32.6 Å². The smallest absolute Gasteiger partial charge is 0.355 e. The fourth-order valence-corrected chi connectivity index (χ4v) is 4.41. The number of ether oxygens (including phenoxy) is 2. The number of halogens is 1. The average Bonchev–Trinajstić information content (AvgIpc) is 3.21. The van der Waals surface area contributed by atoms with Crippen molar-refractivity contribution >= 4 is 62.7 Å². The number of esters is 1. The molecule has 35 heavy (non-hydrogen) atoms. The monoisotopic (exact) mass is 507 g/mol. The van der Waals surface area contributed by atoms with Crippen LogP contribution in [0.3, 0.4) is 0 Å². The number of nitrogens with zero attached hydrogens (tertiary/aromatic N) is 1. The number of nitrogens with one attached hydrogen (secondary N) is 2. The van der Waals surface area contributed by atoms with Crippen molar-refractivity contribution in [1.29, 1.82) is 0 Å². The molecule has 2 N–H and O–H groups in total. The lowest BCUT2D eigenvalue weighted by atomic mass is 10.2. The van der Waals surface area contributed by atoms with Gasteiger partial charge in [-0.2, -0.15) is 5.10 Å². The Bertz CT molecular complexity index is 1430. The van der Waals surface area contributed by atoms with Gasteiger partial charge in [-0.15, -0.1) is 11.3 Å². The van der Waals surface area contributed by atoms with Crippen LogP contribution in [0, 0.1) is 0 Å². The summed E-state index contributed by atoms with van der Waals surface area (Å²) in [6, 6.07) is 20.5. The lowest BCUT2D eigenvalue weighted by Crippen LogP contribution is -2.32. The summed E-state index contributed by atoms with van der Waals surface area (Å²) in [5, 5.41) is 7.40. The van der Waals surface area contributed by atoms with Crippen molar-refractivity contribution in [3.63, 3.8) is 0 Å². The van der Waals surface area contributed by atoms with E-state index in [1.807, 2.05) is 24.3 Å². The van der Waals surface area contributed by atoms with Crippen molar-refractivity contribution in [3.8, 4) is 11.5 Å². The van der Waals surface area contributed by atoms with Crippen LogP contribution in [0.4, 0.5) is 5.69 Å². The Kier molecular flexibility index (Phi) is 7.39. The van der Waals surface area contributed by atoms with Crippen LogP contribution in [-0.4, -0.2) is 31.1 Å². The molecular formula is C25H18ClN3O5S. The fraction of sp³-hybridized carbons (Fsp3) is 0.0400. The van der Waals surface area contributed by atoms with Gasteiger partial charge in [0.25, 0.3) is 0 Å². The minimum Gasteiger partial charge on any atom is -0.497 e. The maximum atomic E-state index is 12.6. The number of hydrogen-bond donors (Lipinski definition) is 2. The average molecular weight is 508 g/mol. The Morgan fingerprint density at radius 3 is 2.46 bits per heavy atom. The lowest BCUT2D eigenvalue weighted by molar-refractivity contribution is -0.136. The molecule has 0 aliphatic carbocycles. The number of hydrazone groups is 1. The van der Waals surface area contributed by atoms with Crippen molar-refractivity contribution < 1.29 is 23.9 Å². The SMILES string of the molecule is COc1cccc(NC(=O)C(=O)NN=Cc2ccc(OC(=O)c3sc4ccccc4c3Cl)cc2)c1. The lowest BCUT2D eigenvalue weighted by Gasteiger charge is -2.06. The Hall–Kier alpha value is -4.21. The Balaban J connectivity index is 1.31. The molecule has 0 atom stereocenters. The van der Waals surface area contributed by atoms with Crippen molar-refractivity contribution in [2.45, 2.75) is 0 Å². The second-order valence-electron chi connectivity index (χ2n) is 7.09. The van der Waals surface area contributed by atoms with Gasteiger partial charge in [0.1, 0.15) is 16.4 Å². The van der Waals surface area contributed by atoms with E-state index in [9.17, 15) is 14.4 Å². The number of anilines is 1. The molecule has 4 aromatic rings. The Labute approximate surface area is 209 Å². The highest BCUT2D eigenvalue weighted by Gasteiger charge is 2.19. The molecule has 0 unspecified atom stereocenters. The largest absolute Gasteiger partial charge is 0.497 e. The van der Waals surface area contributed by atoms with Gasteiger partial charge in [-0.3, -0.25) is 9.59 Å². The third kappa shape index (κ3) is 5.84. The molecule has 176 valence electrons. The van der Waals surface area contributed by atoms with Gasteiger partial charge in [0.05, 0.1) is 18.3 Å². The van der Waals surface area contributed by atoms with E-state index in [1.165, 1.54) is 24.7 Å². The third-order valence-electron chi connectivity index (χ3n) is 4.72. The zero-order valence-corrected chi connectivity index (χ0v) is 19.9. The molecule has 0 aliphatic rings. The van der Waals surface area contributed by atoms with Crippen LogP contribution in [0.15, 0.2) is 77.9 Å². The number of fused-ring (bicyclic) bond motifs is 1. The first kappa shape index (κ1) is 23.9. The Morgan fingerprint density at radius 1 is 0.943 bits per heavy atom. The number of carbonyl (C=O) groups excluding carboxylic acids is 3. The molecule has 2 amide bonds. The normalized spacial score (nSPS) is 10.8. The number of rotatable bonds is 6. The first-order valence-electron chi connectivity index (χ1n) is 10.2. The van der Waals surface area contributed by atoms with Crippen molar-refractivity contribution in [3.05, 3.63) is 88.3 Å². The molecule has 0 saturated carbocycles. The molecular weight excluding hydrogens is 490 g/mol. The summed E-state index contributed by atoms with van der Waals surface area (Å²) in [7, 11) is 1.50. The van der Waals surface area contributed by atoms with Crippen LogP contribution in [0.5, 0.6) is 11.5 Å². The predicted octanol–water partition coefficient (Wildman–Crippen LogP) is 4.87. The molecule has 3 aromatic carbocycles. The zero-order valence-electron chi connectivity index (χ0n) is 18.3. The van der Waals surface area contributed by atoms with E-state index in [-0.39, 0.29) is 0 Å². The summed E-state index contributed by atoms with van der Waals surface area (Å²) in [6.45, 7) is 0. The summed E-state index contributed by atoms with van der Waals surface area (Å²) in [6.07, 6.45) is 1.35. The van der Waals surface area contributed by atoms with Crippen molar-refractivity contribution in [1.82, 2.24) is 5.43 Å². The molecule has 0 saturated heterocycles. The highest BCUT2D eigenvalue weighted by molar-refractivity contribution is 7.21. The van der Waals surface area contributed by atoms with Crippen LogP contribution in [0.2, 0.25) is 5.02 Å². The van der Waals surface area contributed by atoms with Crippen molar-refractivity contribution in [2.75, 3.05) is 12.4 Å². The molecule has 0 spiro atoms. The summed E-state index contributed by atoms with van der Waals surface area (Å²) < 4.78 is 11.4. The topological polar surface area (TPSA) is 106 Å². The van der Waals surface area contributed by atoms with E-state index < -0.39 is 17.8 Å². The minimum absolute atomic E-state index is 0.322. The summed E-state index contributed by atoms with van der Waals surface area (Å²) in [5.74, 6) is -1.50. The molecule has 0 aliphatic heterocycles. The van der Waals surface area contributed by atoms with E-state index >= 15 is 0 Å². The van der Waals surface area contributed by atoms with Gasteiger partial charge in [-0.1, -0.05) is 35.9 Å². The molecule has 0 fully saturated rings. The second kappa shape index (κ2) is 10.8. The molecule has 4 rings (SSSR count). The van der Waals surface area contributed by atoms with Gasteiger partial charge >= 0.3 is 17.8 Å². The maximum absolute atomic E-state index is 12.6. The first-order valence-corrected chi connectivity index (χ1v) is 11.4. The molecule has 1 heterocycles. The number of carbonyl (C=O) groups is 3. The number of benzene rings is 3. The molecule has 1 aromatic heterocycles. The minimum atomic E-state index is -0.935. The van der Waals surface area contributed by atoms with Gasteiger partial charge in [-0.25, -0.2) is 10.2 Å². The van der Waals surface area contributed by atoms with E-state index in [4.69, 9.17) is 21.1 Å². The Morgan fingerprint density at radius 2 is 1.71 bits per heavy atom. The second-order valence-corrected chi connectivity index (χ2v) is 8.52. The molecule has 0 radical (unpaired) electrons. The summed E-state index contributed by atoms with van der Waals surface area (Å²) in [5.41, 5.74) is 3.18. The van der Waals surface area contributed by atoms with Gasteiger partial charge in [-0.05, 0) is 48.0 Å². The molecule has 8 nitrogen and oxygen atoms in total. The van der Waals surface area contributed by atoms with Crippen LogP contribution >= 0.6 is 22.9 Å². The first-order chi connectivity index (χ1) is 16.9. The van der Waals surface area contributed by atoms with Crippen LogP contribution < -0.4 is 20.2 Å². The van der Waals surface area contributed by atoms with Crippen molar-refractivity contribution in [2.24, 2.45) is 5.10 Å². The number of methoxy groups -OCH3 is 1. The third-order valence-corrected chi connectivity index (χ3v) is 6.38. The maximum Gasteiger partial charge on any atom is 0.355 e. The zero-order chi connectivity index (χ0) is 24.8. The van der Waals surface area contributed by atoms with Crippen LogP contribution in [-0.2, 0) is 9.59 Å². The van der Waals surface area contributed by atoms with Crippen LogP contribution in [0.1, 0.15) is 15.2 Å². The quantitative estimate of drug-likeness (QED) is 0.127. The van der Waals surface area contributed by atoms with Gasteiger partial charge < -0.3 is 14.8 Å². The summed E-state index contributed by atoms with van der Waals surface area (Å²) in [4.78, 5) is 36.8. The number of amides is 2. The highest BCUT2D eigenvalue weighted by atomic mass is 35.5. The van der Waals surface area contributed by atoms with E-state index in [0.717, 1.165) is 10.1 Å². The van der Waals surface area contributed by atoms with Gasteiger partial charge in [0, 0.05) is 21.8 Å². The van der Waals surface area contributed by atoms with E-state index in [2.05, 4.69) is 15.8 Å². The fourth-order valence-electron chi connectivity index (χ4n) is 3.03. The summed E-state index contributed by atoms with van der Waals surface area (Å²) >= 11 is 7.60. The van der Waals surface area contributed by atoms with Gasteiger partial charge in [0.15, 0.2) is 0 Å². The van der Waals surface area contributed by atoms with Gasteiger partial charge in [0.2, 0.25) is 0 Å². The number of hydrogen-bond acceptors (Lipinski definition) is 7. The number of thiophene rings is 1. The van der Waals surface area contributed by atoms with Crippen LogP contribution in [0.25, 0.3) is 10.1 Å². The predicted molar refractivity (Wildman–Crippen MR) is 136 cm³/mol. The molecule has 0 bridgehead atoms. The highest BCUT2D eigenvalue weighted by Crippen LogP contribution is 2.35.